The lowest BCUT2D eigenvalue weighted by atomic mass is 10.1. The van der Waals surface area contributed by atoms with Gasteiger partial charge in [0.2, 0.25) is 0 Å². The molecule has 0 aliphatic carbocycles. The third kappa shape index (κ3) is 2.97. The van der Waals surface area contributed by atoms with E-state index in [0.29, 0.717) is 0 Å². The molecule has 2 amide bonds. The van der Waals surface area contributed by atoms with Crippen molar-refractivity contribution in [3.8, 4) is 0 Å². The summed E-state index contributed by atoms with van der Waals surface area (Å²) in [7, 11) is 0. The summed E-state index contributed by atoms with van der Waals surface area (Å²) in [5.41, 5.74) is -1.13. The van der Waals surface area contributed by atoms with Gasteiger partial charge in [0.05, 0.1) is 11.1 Å². The van der Waals surface area contributed by atoms with Gasteiger partial charge in [-0.1, -0.05) is 17.2 Å². The lowest BCUT2D eigenvalue weighted by Gasteiger charge is -2.12. The Morgan fingerprint density at radius 3 is 2.20 bits per heavy atom. The molecule has 0 spiro atoms. The normalized spacial score (nSPS) is 14.0. The van der Waals surface area contributed by atoms with Crippen LogP contribution in [0.15, 0.2) is 30.5 Å². The Hall–Kier alpha value is -3.17. The molecule has 1 aliphatic heterocycles. The summed E-state index contributed by atoms with van der Waals surface area (Å²) < 4.78 is 38.8. The maximum absolute atomic E-state index is 12.7. The summed E-state index contributed by atoms with van der Waals surface area (Å²) >= 11 is 0. The van der Waals surface area contributed by atoms with Gasteiger partial charge >= 0.3 is 12.1 Å². The van der Waals surface area contributed by atoms with Gasteiger partial charge in [-0.25, -0.2) is 4.79 Å². The number of aromatic nitrogens is 2. The molecule has 1 aromatic heterocycles. The average Bonchev–Trinajstić information content (AvgIpc) is 3.01. The summed E-state index contributed by atoms with van der Waals surface area (Å²) in [6.45, 7) is 0.506. The number of hydrogen-bond donors (Lipinski definition) is 0. The minimum Gasteiger partial charge on any atom is -0.328 e. The lowest BCUT2D eigenvalue weighted by Crippen LogP contribution is -2.34. The average molecular weight is 353 g/mol. The molecule has 0 fully saturated rings. The Bertz CT molecular complexity index is 853. The maximum Gasteiger partial charge on any atom is 0.435 e. The second-order valence-electron chi connectivity index (χ2n) is 5.27. The number of aryl methyl sites for hydroxylation is 1. The van der Waals surface area contributed by atoms with Crippen LogP contribution in [0.25, 0.3) is 0 Å². The van der Waals surface area contributed by atoms with Crippen molar-refractivity contribution in [3.63, 3.8) is 0 Å². The van der Waals surface area contributed by atoms with Crippen molar-refractivity contribution in [1.29, 1.82) is 0 Å². The van der Waals surface area contributed by atoms with E-state index in [0.717, 1.165) is 10.9 Å². The number of hydroxylamine groups is 2. The van der Waals surface area contributed by atoms with E-state index in [4.69, 9.17) is 4.84 Å². The number of carbonyl (C=O) groups is 3. The Balaban J connectivity index is 1.72. The van der Waals surface area contributed by atoms with Crippen LogP contribution < -0.4 is 0 Å². The van der Waals surface area contributed by atoms with Crippen LogP contribution in [0.4, 0.5) is 13.2 Å². The molecule has 2 heterocycles. The van der Waals surface area contributed by atoms with Gasteiger partial charge in [-0.05, 0) is 24.6 Å². The van der Waals surface area contributed by atoms with Gasteiger partial charge in [-0.15, -0.1) is 0 Å². The fourth-order valence-electron chi connectivity index (χ4n) is 2.40. The Morgan fingerprint density at radius 1 is 1.16 bits per heavy atom. The highest BCUT2D eigenvalue weighted by Gasteiger charge is 2.39. The van der Waals surface area contributed by atoms with Gasteiger partial charge in [0, 0.05) is 6.20 Å². The van der Waals surface area contributed by atoms with Crippen LogP contribution >= 0.6 is 0 Å². The van der Waals surface area contributed by atoms with Crippen LogP contribution in [0.3, 0.4) is 0 Å². The molecule has 0 bridgehead atoms. The third-order valence-corrected chi connectivity index (χ3v) is 3.45. The van der Waals surface area contributed by atoms with E-state index in [1.165, 1.54) is 19.1 Å². The highest BCUT2D eigenvalue weighted by molar-refractivity contribution is 6.20. The molecule has 0 N–H and O–H groups in total. The number of amides is 2. The molecule has 0 radical (unpaired) electrons. The number of halogens is 3. The number of imide groups is 1. The Labute approximate surface area is 138 Å². The predicted molar refractivity (Wildman–Crippen MR) is 75.0 cm³/mol. The highest BCUT2D eigenvalue weighted by atomic mass is 19.4. The summed E-state index contributed by atoms with van der Waals surface area (Å²) in [5, 5.41) is 3.56. The molecule has 0 saturated heterocycles. The van der Waals surface area contributed by atoms with Crippen molar-refractivity contribution in [2.45, 2.75) is 19.6 Å². The number of carbonyl (C=O) groups excluding carboxylic acids is 3. The first-order valence-electron chi connectivity index (χ1n) is 6.98. The van der Waals surface area contributed by atoms with Crippen LogP contribution in [0, 0.1) is 6.92 Å². The molecule has 130 valence electrons. The first kappa shape index (κ1) is 16.7. The number of nitrogens with zero attached hydrogens (tertiary/aromatic N) is 3. The minimum atomic E-state index is -4.65. The number of alkyl halides is 3. The zero-order chi connectivity index (χ0) is 18.4. The van der Waals surface area contributed by atoms with Gasteiger partial charge < -0.3 is 4.84 Å². The van der Waals surface area contributed by atoms with Crippen molar-refractivity contribution in [2.24, 2.45) is 0 Å². The fourth-order valence-corrected chi connectivity index (χ4v) is 2.40. The van der Waals surface area contributed by atoms with Crippen molar-refractivity contribution < 1.29 is 32.4 Å². The summed E-state index contributed by atoms with van der Waals surface area (Å²) in [4.78, 5) is 40.7. The van der Waals surface area contributed by atoms with E-state index in [9.17, 15) is 27.6 Å². The second-order valence-corrected chi connectivity index (χ2v) is 5.27. The van der Waals surface area contributed by atoms with Crippen molar-refractivity contribution in [2.75, 3.05) is 0 Å². The molecule has 3 rings (SSSR count). The summed E-state index contributed by atoms with van der Waals surface area (Å²) in [6, 6.07) is 5.88. The molecular weight excluding hydrogens is 343 g/mol. The van der Waals surface area contributed by atoms with E-state index in [-0.39, 0.29) is 21.8 Å². The zero-order valence-electron chi connectivity index (χ0n) is 12.7. The Kier molecular flexibility index (Phi) is 3.82. The predicted octanol–water partition coefficient (Wildman–Crippen LogP) is 1.96. The molecule has 0 atom stereocenters. The number of hydrogen-bond acceptors (Lipinski definition) is 5. The topological polar surface area (TPSA) is 81.5 Å². The molecule has 1 aromatic carbocycles. The number of benzene rings is 1. The van der Waals surface area contributed by atoms with Crippen molar-refractivity contribution in [1.82, 2.24) is 14.8 Å². The molecule has 1 aliphatic rings. The van der Waals surface area contributed by atoms with Crippen LogP contribution in [-0.4, -0.2) is 32.6 Å². The van der Waals surface area contributed by atoms with Gasteiger partial charge in [-0.3, -0.25) is 14.3 Å². The number of fused-ring (bicyclic) bond motifs is 1. The van der Waals surface area contributed by atoms with E-state index in [1.807, 2.05) is 0 Å². The summed E-state index contributed by atoms with van der Waals surface area (Å²) in [5.74, 6) is -2.74. The minimum absolute atomic E-state index is 0.0783. The van der Waals surface area contributed by atoms with Gasteiger partial charge in [0.1, 0.15) is 6.54 Å². The largest absolute Gasteiger partial charge is 0.435 e. The smallest absolute Gasteiger partial charge is 0.328 e. The van der Waals surface area contributed by atoms with Gasteiger partial charge in [0.25, 0.3) is 11.8 Å². The monoisotopic (exact) mass is 353 g/mol. The van der Waals surface area contributed by atoms with E-state index in [2.05, 4.69) is 5.10 Å². The summed E-state index contributed by atoms with van der Waals surface area (Å²) in [6.07, 6.45) is -3.63. The fraction of sp³-hybridized carbons (Fsp3) is 0.200. The molecular formula is C15H10F3N3O4. The maximum atomic E-state index is 12.7. The van der Waals surface area contributed by atoms with Crippen molar-refractivity contribution >= 4 is 17.8 Å². The van der Waals surface area contributed by atoms with Crippen LogP contribution in [-0.2, 0) is 22.4 Å². The first-order valence-corrected chi connectivity index (χ1v) is 6.98. The highest BCUT2D eigenvalue weighted by Crippen LogP contribution is 2.30. The molecule has 0 unspecified atom stereocenters. The lowest BCUT2D eigenvalue weighted by molar-refractivity contribution is -0.169. The molecule has 2 aromatic rings. The first-order chi connectivity index (χ1) is 11.7. The standard InChI is InChI=1S/C15H10F3N3O4/c1-8-6-20(19-12(8)15(16,17)18)7-11(22)25-21-13(23)9-4-2-3-5-10(9)14(21)24/h2-6H,7H2,1H3. The molecule has 0 saturated carbocycles. The van der Waals surface area contributed by atoms with E-state index in [1.54, 1.807) is 12.1 Å². The van der Waals surface area contributed by atoms with Crippen LogP contribution in [0.1, 0.15) is 32.0 Å². The Morgan fingerprint density at radius 2 is 1.72 bits per heavy atom. The molecule has 25 heavy (non-hydrogen) atoms. The van der Waals surface area contributed by atoms with Crippen LogP contribution in [0.2, 0.25) is 0 Å². The second kappa shape index (κ2) is 5.72. The van der Waals surface area contributed by atoms with Crippen LogP contribution in [0.5, 0.6) is 0 Å². The molecule has 7 nitrogen and oxygen atoms in total. The van der Waals surface area contributed by atoms with Gasteiger partial charge in [-0.2, -0.15) is 18.3 Å². The number of rotatable bonds is 3. The zero-order valence-corrected chi connectivity index (χ0v) is 12.7. The van der Waals surface area contributed by atoms with E-state index >= 15 is 0 Å². The van der Waals surface area contributed by atoms with E-state index < -0.39 is 36.2 Å². The quantitative estimate of drug-likeness (QED) is 0.788. The van der Waals surface area contributed by atoms with Gasteiger partial charge in [0.15, 0.2) is 5.69 Å². The van der Waals surface area contributed by atoms with Crippen molar-refractivity contribution in [3.05, 3.63) is 52.8 Å². The molecule has 10 heteroatoms. The SMILES string of the molecule is Cc1cn(CC(=O)ON2C(=O)c3ccccc3C2=O)nc1C(F)(F)F. The third-order valence-electron chi connectivity index (χ3n) is 3.45.